The number of hydrogen-bond donors (Lipinski definition) is 2. The number of anilines is 1. The lowest BCUT2D eigenvalue weighted by atomic mass is 9.82. The van der Waals surface area contributed by atoms with Gasteiger partial charge in [0, 0.05) is 19.8 Å². The summed E-state index contributed by atoms with van der Waals surface area (Å²) in [6.45, 7) is 4.45. The van der Waals surface area contributed by atoms with Gasteiger partial charge in [0.2, 0.25) is 0 Å². The molecule has 0 unspecified atom stereocenters. The largest absolute Gasteiger partial charge is 0.397 e. The van der Waals surface area contributed by atoms with Crippen molar-refractivity contribution < 1.29 is 9.53 Å². The van der Waals surface area contributed by atoms with Crippen molar-refractivity contribution in [1.29, 1.82) is 0 Å². The van der Waals surface area contributed by atoms with Crippen molar-refractivity contribution >= 4 is 22.9 Å². The molecule has 1 amide bonds. The van der Waals surface area contributed by atoms with Crippen molar-refractivity contribution in [3.63, 3.8) is 0 Å². The second kappa shape index (κ2) is 5.06. The SMILES string of the molecule is CC1(CNC(=O)c2sccc2N)CCOCC1. The summed E-state index contributed by atoms with van der Waals surface area (Å²) in [5.74, 6) is -0.0646. The normalized spacial score (nSPS) is 18.9. The summed E-state index contributed by atoms with van der Waals surface area (Å²) in [4.78, 5) is 12.5. The molecule has 2 rings (SSSR count). The Kier molecular flexibility index (Phi) is 3.69. The average molecular weight is 254 g/mol. The Morgan fingerprint density at radius 3 is 2.88 bits per heavy atom. The summed E-state index contributed by atoms with van der Waals surface area (Å²) in [6, 6.07) is 1.76. The maximum atomic E-state index is 11.9. The lowest BCUT2D eigenvalue weighted by molar-refractivity contribution is 0.0239. The molecule has 1 aromatic rings. The number of ether oxygens (including phenoxy) is 1. The van der Waals surface area contributed by atoms with Gasteiger partial charge in [0.15, 0.2) is 0 Å². The molecule has 0 radical (unpaired) electrons. The van der Waals surface area contributed by atoms with Gasteiger partial charge in [-0.3, -0.25) is 4.79 Å². The predicted octanol–water partition coefficient (Wildman–Crippen LogP) is 1.88. The van der Waals surface area contributed by atoms with E-state index in [1.165, 1.54) is 11.3 Å². The molecule has 1 aliphatic heterocycles. The molecule has 1 aromatic heterocycles. The van der Waals surface area contributed by atoms with Gasteiger partial charge in [-0.2, -0.15) is 0 Å². The van der Waals surface area contributed by atoms with Crippen molar-refractivity contribution in [3.05, 3.63) is 16.3 Å². The van der Waals surface area contributed by atoms with Crippen molar-refractivity contribution in [2.24, 2.45) is 5.41 Å². The number of carbonyl (C=O) groups excluding carboxylic acids is 1. The second-order valence-corrected chi connectivity index (χ2v) is 5.73. The number of nitrogens with one attached hydrogen (secondary N) is 1. The number of thiophene rings is 1. The van der Waals surface area contributed by atoms with Crippen LogP contribution in [-0.4, -0.2) is 25.7 Å². The lowest BCUT2D eigenvalue weighted by Gasteiger charge is -2.33. The highest BCUT2D eigenvalue weighted by Crippen LogP contribution is 2.29. The Bertz CT molecular complexity index is 397. The summed E-state index contributed by atoms with van der Waals surface area (Å²) in [6.07, 6.45) is 1.99. The Labute approximate surface area is 105 Å². The predicted molar refractivity (Wildman–Crippen MR) is 69.2 cm³/mol. The monoisotopic (exact) mass is 254 g/mol. The molecule has 1 saturated heterocycles. The van der Waals surface area contributed by atoms with Crippen LogP contribution >= 0.6 is 11.3 Å². The average Bonchev–Trinajstić information content (AvgIpc) is 2.74. The molecular formula is C12H18N2O2S. The molecule has 3 N–H and O–H groups in total. The topological polar surface area (TPSA) is 64.4 Å². The number of nitrogens with two attached hydrogens (primary N) is 1. The fourth-order valence-electron chi connectivity index (χ4n) is 1.92. The standard InChI is InChI=1S/C12H18N2O2S/c1-12(3-5-16-6-4-12)8-14-11(15)10-9(13)2-7-17-10/h2,7H,3-6,8,13H2,1H3,(H,14,15). The summed E-state index contributed by atoms with van der Waals surface area (Å²) < 4.78 is 5.33. The smallest absolute Gasteiger partial charge is 0.263 e. The van der Waals surface area contributed by atoms with E-state index < -0.39 is 0 Å². The summed E-state index contributed by atoms with van der Waals surface area (Å²) >= 11 is 1.38. The summed E-state index contributed by atoms with van der Waals surface area (Å²) in [7, 11) is 0. The molecule has 17 heavy (non-hydrogen) atoms. The molecule has 0 atom stereocenters. The van der Waals surface area contributed by atoms with E-state index in [0.29, 0.717) is 17.1 Å². The van der Waals surface area contributed by atoms with Gasteiger partial charge in [-0.05, 0) is 29.7 Å². The maximum absolute atomic E-state index is 11.9. The van der Waals surface area contributed by atoms with Crippen LogP contribution in [0.3, 0.4) is 0 Å². The first-order chi connectivity index (χ1) is 8.11. The second-order valence-electron chi connectivity index (χ2n) is 4.81. The maximum Gasteiger partial charge on any atom is 0.263 e. The zero-order chi connectivity index (χ0) is 12.3. The van der Waals surface area contributed by atoms with Gasteiger partial charge in [0.05, 0.1) is 5.69 Å². The lowest BCUT2D eigenvalue weighted by Crippen LogP contribution is -2.39. The Morgan fingerprint density at radius 1 is 1.59 bits per heavy atom. The molecule has 1 fully saturated rings. The Hall–Kier alpha value is -1.07. The minimum absolute atomic E-state index is 0.0646. The zero-order valence-corrected chi connectivity index (χ0v) is 10.8. The number of hydrogen-bond acceptors (Lipinski definition) is 4. The van der Waals surface area contributed by atoms with E-state index in [4.69, 9.17) is 10.5 Å². The van der Waals surface area contributed by atoms with Gasteiger partial charge in [-0.1, -0.05) is 6.92 Å². The van der Waals surface area contributed by atoms with Crippen LogP contribution in [0.5, 0.6) is 0 Å². The molecule has 94 valence electrons. The van der Waals surface area contributed by atoms with Gasteiger partial charge in [-0.15, -0.1) is 11.3 Å². The third-order valence-corrected chi connectivity index (χ3v) is 4.21. The number of nitrogen functional groups attached to an aromatic ring is 1. The molecule has 2 heterocycles. The Morgan fingerprint density at radius 2 is 2.29 bits per heavy atom. The van der Waals surface area contributed by atoms with E-state index in [-0.39, 0.29) is 11.3 Å². The Balaban J connectivity index is 1.90. The van der Waals surface area contributed by atoms with Gasteiger partial charge in [0.25, 0.3) is 5.91 Å². The van der Waals surface area contributed by atoms with Crippen LogP contribution in [0.4, 0.5) is 5.69 Å². The molecule has 0 spiro atoms. The van der Waals surface area contributed by atoms with Gasteiger partial charge < -0.3 is 15.8 Å². The van der Waals surface area contributed by atoms with E-state index >= 15 is 0 Å². The van der Waals surface area contributed by atoms with E-state index in [9.17, 15) is 4.79 Å². The van der Waals surface area contributed by atoms with E-state index in [1.54, 1.807) is 6.07 Å². The minimum atomic E-state index is -0.0646. The van der Waals surface area contributed by atoms with Gasteiger partial charge >= 0.3 is 0 Å². The number of amides is 1. The van der Waals surface area contributed by atoms with Crippen LogP contribution in [0.25, 0.3) is 0 Å². The summed E-state index contributed by atoms with van der Waals surface area (Å²) in [5.41, 5.74) is 6.43. The quantitative estimate of drug-likeness (QED) is 0.865. The van der Waals surface area contributed by atoms with Crippen LogP contribution in [0.15, 0.2) is 11.4 Å². The molecule has 0 bridgehead atoms. The van der Waals surface area contributed by atoms with Crippen molar-refractivity contribution in [1.82, 2.24) is 5.32 Å². The first-order valence-corrected chi connectivity index (χ1v) is 6.68. The molecule has 0 aromatic carbocycles. The van der Waals surface area contributed by atoms with E-state index in [2.05, 4.69) is 12.2 Å². The number of carbonyl (C=O) groups is 1. The van der Waals surface area contributed by atoms with Gasteiger partial charge in [-0.25, -0.2) is 0 Å². The zero-order valence-electron chi connectivity index (χ0n) is 9.99. The summed E-state index contributed by atoms with van der Waals surface area (Å²) in [5, 5.41) is 4.81. The first-order valence-electron chi connectivity index (χ1n) is 5.80. The van der Waals surface area contributed by atoms with Crippen LogP contribution in [-0.2, 0) is 4.74 Å². The minimum Gasteiger partial charge on any atom is -0.397 e. The molecule has 0 aliphatic carbocycles. The van der Waals surface area contributed by atoms with Crippen molar-refractivity contribution in [2.45, 2.75) is 19.8 Å². The van der Waals surface area contributed by atoms with Crippen LogP contribution in [0, 0.1) is 5.41 Å². The highest BCUT2D eigenvalue weighted by Gasteiger charge is 2.28. The molecule has 0 saturated carbocycles. The molecule has 4 nitrogen and oxygen atoms in total. The molecule has 5 heteroatoms. The highest BCUT2D eigenvalue weighted by atomic mass is 32.1. The van der Waals surface area contributed by atoms with E-state index in [1.807, 2.05) is 5.38 Å². The van der Waals surface area contributed by atoms with Crippen LogP contribution < -0.4 is 11.1 Å². The first kappa shape index (κ1) is 12.4. The van der Waals surface area contributed by atoms with Gasteiger partial charge in [0.1, 0.15) is 4.88 Å². The fourth-order valence-corrected chi connectivity index (χ4v) is 2.65. The molecular weight excluding hydrogens is 236 g/mol. The third-order valence-electron chi connectivity index (χ3n) is 3.28. The van der Waals surface area contributed by atoms with Crippen LogP contribution in [0.2, 0.25) is 0 Å². The van der Waals surface area contributed by atoms with E-state index in [0.717, 1.165) is 26.1 Å². The van der Waals surface area contributed by atoms with Crippen molar-refractivity contribution in [2.75, 3.05) is 25.5 Å². The van der Waals surface area contributed by atoms with Crippen LogP contribution in [0.1, 0.15) is 29.4 Å². The molecule has 1 aliphatic rings. The highest BCUT2D eigenvalue weighted by molar-refractivity contribution is 7.12. The van der Waals surface area contributed by atoms with Crippen molar-refractivity contribution in [3.8, 4) is 0 Å². The third kappa shape index (κ3) is 2.98. The number of rotatable bonds is 3. The fraction of sp³-hybridized carbons (Fsp3) is 0.583.